The normalized spacial score (nSPS) is 14.4. The third kappa shape index (κ3) is 48.7. The van der Waals surface area contributed by atoms with Gasteiger partial charge < -0.3 is 181 Å². The number of hydrogen-bond acceptors (Lipinski definition) is 33. The summed E-state index contributed by atoms with van der Waals surface area (Å²) in [5, 5.41) is 133. The van der Waals surface area contributed by atoms with Crippen LogP contribution in [0.25, 0.3) is 10.9 Å². The van der Waals surface area contributed by atoms with Crippen LogP contribution in [0.4, 0.5) is 0 Å². The van der Waals surface area contributed by atoms with Crippen LogP contribution >= 0.6 is 25.3 Å². The second kappa shape index (κ2) is 68.7. The Bertz CT molecular complexity index is 5050. The maximum absolute atomic E-state index is 14.5. The van der Waals surface area contributed by atoms with Gasteiger partial charge in [-0.1, -0.05) is 62.4 Å². The quantitative estimate of drug-likeness (QED) is 0.0108. The minimum atomic E-state index is -2.01. The number of primary amides is 1. The molecular formula is C89H141N29O29S2. The van der Waals surface area contributed by atoms with E-state index in [1.165, 1.54) is 13.8 Å². The highest BCUT2D eigenvalue weighted by Gasteiger charge is 2.40. The van der Waals surface area contributed by atoms with Gasteiger partial charge in [0.25, 0.3) is 0 Å². The van der Waals surface area contributed by atoms with Crippen molar-refractivity contribution in [2.24, 2.45) is 40.3 Å². The van der Waals surface area contributed by atoms with Gasteiger partial charge in [0.15, 0.2) is 11.9 Å². The molecule has 1 aromatic heterocycles. The second-order valence-electron chi connectivity index (χ2n) is 34.6. The summed E-state index contributed by atoms with van der Waals surface area (Å²) in [5.74, 6) is -28.1. The van der Waals surface area contributed by atoms with Gasteiger partial charge in [0.1, 0.15) is 96.7 Å². The van der Waals surface area contributed by atoms with Gasteiger partial charge in [0, 0.05) is 73.8 Å². The van der Waals surface area contributed by atoms with Crippen molar-refractivity contribution in [3.63, 3.8) is 0 Å². The maximum atomic E-state index is 14.5. The standard InChI is InChI=1S/C89H141N29O29S2/c1-44(2)70(85(144)109-52(20-10-12-30-91)75(134)111-58(33-46-15-5-4-6-16-46)80(139)107-54(23-26-64(93)123)76(135)106-55(24-27-68(127)128)77(136)110-57(87(146)147)22-14-32-99-89(96)97)117-67(126)38-102-65(124)36-101-66(125)37-103-73(132)62(42-148)116-86(145)71(45(3)122)118-79(138)53(21-13-31-98-88(94)95)105-82(141)61(41-121)114-84(143)63(43-149)115-78(137)56(25-28-69(129)130)108-83(142)60(40-120)113-81(140)59(34-47-35-100-50-18-8-7-17-48(47)50)112-74(133)51(19-9-11-29-90)104-72(131)49(92)39-119/h4-8,15-18,35,44-45,49,51-63,70-71,100,119-122,148-149H,9-14,19-34,36-43,90-92H2,1-3H3,(H2,93,123)(H,101,125)(H,102,124)(H,103,132)(H,104,131)(H,105,141)(H,106,135)(H,107,139)(H,108,142)(H,109,144)(H,110,136)(H,111,134)(H,112,133)(H,113,140)(H,114,143)(H,115,137)(H,116,145)(H,117,126)(H,118,138)(H,127,128)(H,129,130)(H,146,147)(H4,94,95,98)(H4,96,97,99)/t45-,49+,51+,52+,53+,54+,55+,56+,57+,58+,59+,60+,61+,62+,63+,70+,71+/m1/s1. The molecule has 149 heavy (non-hydrogen) atoms. The summed E-state index contributed by atoms with van der Waals surface area (Å²) in [6.07, 6.45) is -4.33. The minimum absolute atomic E-state index is 0.0148. The molecule has 2 aromatic carbocycles. The number of nitrogens with one attached hydrogen (secondary N) is 23. The highest BCUT2D eigenvalue weighted by Crippen LogP contribution is 2.21. The number of benzene rings is 2. The number of carbonyl (C=O) groups excluding carboxylic acids is 19. The molecule has 42 N–H and O–H groups in total. The van der Waals surface area contributed by atoms with Crippen molar-refractivity contribution in [1.29, 1.82) is 10.8 Å². The van der Waals surface area contributed by atoms with Crippen LogP contribution in [0.2, 0.25) is 0 Å². The van der Waals surface area contributed by atoms with Crippen molar-refractivity contribution in [2.45, 2.75) is 239 Å². The van der Waals surface area contributed by atoms with E-state index in [0.29, 0.717) is 41.3 Å². The van der Waals surface area contributed by atoms with E-state index >= 15 is 0 Å². The van der Waals surface area contributed by atoms with Gasteiger partial charge in [-0.05, 0) is 127 Å². The van der Waals surface area contributed by atoms with Crippen molar-refractivity contribution >= 4 is 178 Å². The molecule has 0 spiro atoms. The van der Waals surface area contributed by atoms with Crippen molar-refractivity contribution in [1.82, 2.24) is 111 Å². The fourth-order valence-electron chi connectivity index (χ4n) is 14.1. The number of aromatic amines is 1. The molecule has 60 heteroatoms. The Kier molecular flexibility index (Phi) is 59.2. The maximum Gasteiger partial charge on any atom is 0.326 e. The molecule has 0 bridgehead atoms. The van der Waals surface area contributed by atoms with E-state index in [-0.39, 0.29) is 84.0 Å². The number of para-hydroxylation sites is 1. The summed E-state index contributed by atoms with van der Waals surface area (Å²) in [4.78, 5) is 300. The van der Waals surface area contributed by atoms with Gasteiger partial charge in [-0.3, -0.25) is 112 Å². The molecular weight excluding hydrogens is 2000 g/mol. The first-order valence-corrected chi connectivity index (χ1v) is 48.8. The number of aliphatic hydroxyl groups is 4. The summed E-state index contributed by atoms with van der Waals surface area (Å²) in [6.45, 7) is -1.41. The molecule has 19 amide bonds. The molecule has 58 nitrogen and oxygen atoms in total. The zero-order valence-electron chi connectivity index (χ0n) is 82.3. The molecule has 0 aliphatic rings. The van der Waals surface area contributed by atoms with E-state index in [1.54, 1.807) is 60.8 Å². The smallest absolute Gasteiger partial charge is 0.326 e. The zero-order chi connectivity index (χ0) is 112. The van der Waals surface area contributed by atoms with Crippen molar-refractivity contribution in [3.05, 3.63) is 71.9 Å². The number of hydrogen-bond donors (Lipinski definition) is 38. The zero-order valence-corrected chi connectivity index (χ0v) is 84.1. The van der Waals surface area contributed by atoms with Crippen LogP contribution in [0.5, 0.6) is 0 Å². The van der Waals surface area contributed by atoms with Crippen molar-refractivity contribution < 1.29 is 141 Å². The van der Waals surface area contributed by atoms with Crippen molar-refractivity contribution in [3.8, 4) is 0 Å². The van der Waals surface area contributed by atoms with Gasteiger partial charge >= 0.3 is 17.9 Å². The van der Waals surface area contributed by atoms with Crippen LogP contribution in [-0.2, 0) is 118 Å². The summed E-state index contributed by atoms with van der Waals surface area (Å²) < 4.78 is 0. The van der Waals surface area contributed by atoms with E-state index in [4.69, 9.17) is 45.2 Å². The Labute approximate surface area is 866 Å². The summed E-state index contributed by atoms with van der Waals surface area (Å²) in [7, 11) is 0. The van der Waals surface area contributed by atoms with Crippen LogP contribution in [0, 0.1) is 16.7 Å². The fourth-order valence-corrected chi connectivity index (χ4v) is 14.6. The first kappa shape index (κ1) is 128. The summed E-state index contributed by atoms with van der Waals surface area (Å²) >= 11 is 8.26. The predicted molar refractivity (Wildman–Crippen MR) is 538 cm³/mol. The number of amides is 19. The van der Waals surface area contributed by atoms with Crippen molar-refractivity contribution in [2.75, 3.05) is 77.1 Å². The SMILES string of the molecule is CC(C)[C@H](NC(=O)CNC(=O)CNC(=O)CNC(=O)[C@H](CS)NC(=O)[C@@H](NC(=O)[C@H](CCCNC(=N)N)NC(=O)[C@H](CO)NC(=O)[C@H](CS)NC(=O)[C@H](CCC(=O)O)NC(=O)[C@H](CO)NC(=O)[C@H](Cc1c[nH]c2ccccc12)NC(=O)[C@H](CCCCN)NC(=O)[C@@H](N)CO)[C@@H](C)O)C(=O)N[C@@H](CCCCN)C(=O)N[C@@H](Cc1ccccc1)C(=O)N[C@@H](CCC(N)=O)C(=O)N[C@@H](CCC(=O)O)C(=O)N[C@@H](CCCNC(=N)N)C(=O)O. The third-order valence-electron chi connectivity index (χ3n) is 22.3. The molecule has 0 radical (unpaired) electrons. The Hall–Kier alpha value is -14.7. The van der Waals surface area contributed by atoms with Gasteiger partial charge in [-0.15, -0.1) is 0 Å². The molecule has 0 fully saturated rings. The number of guanidine groups is 2. The van der Waals surface area contributed by atoms with Crippen LogP contribution in [0.3, 0.4) is 0 Å². The van der Waals surface area contributed by atoms with E-state index < -0.39 is 340 Å². The van der Waals surface area contributed by atoms with Gasteiger partial charge in [-0.2, -0.15) is 25.3 Å². The second-order valence-corrected chi connectivity index (χ2v) is 35.3. The molecule has 0 unspecified atom stereocenters. The number of carboxylic acids is 3. The first-order valence-electron chi connectivity index (χ1n) is 47.5. The summed E-state index contributed by atoms with van der Waals surface area (Å²) in [5.41, 5.74) is 34.9. The van der Waals surface area contributed by atoms with E-state index in [0.717, 1.165) is 6.92 Å². The Morgan fingerprint density at radius 2 is 0.705 bits per heavy atom. The number of unbranched alkanes of at least 4 members (excludes halogenated alkanes) is 2. The van der Waals surface area contributed by atoms with Gasteiger partial charge in [0.05, 0.1) is 45.6 Å². The number of nitrogens with two attached hydrogens (primary N) is 6. The predicted octanol–water partition coefficient (Wildman–Crippen LogP) is -13.4. The highest BCUT2D eigenvalue weighted by atomic mass is 32.1. The van der Waals surface area contributed by atoms with Gasteiger partial charge in [-0.25, -0.2) is 4.79 Å². The number of aliphatic carboxylic acids is 3. The number of carboxylic acid groups (broad SMARTS) is 3. The van der Waals surface area contributed by atoms with E-state index in [9.17, 15) is 141 Å². The number of fused-ring (bicyclic) bond motifs is 1. The van der Waals surface area contributed by atoms with Crippen LogP contribution < -0.4 is 141 Å². The largest absolute Gasteiger partial charge is 0.481 e. The average molecular weight is 2150 g/mol. The number of H-pyrrole nitrogens is 1. The Morgan fingerprint density at radius 3 is 1.13 bits per heavy atom. The Morgan fingerprint density at radius 1 is 0.356 bits per heavy atom. The molecule has 3 rings (SSSR count). The third-order valence-corrected chi connectivity index (χ3v) is 23.1. The van der Waals surface area contributed by atoms with E-state index in [2.05, 4.69) is 137 Å². The minimum Gasteiger partial charge on any atom is -0.481 e. The summed E-state index contributed by atoms with van der Waals surface area (Å²) in [6, 6.07) is -12.1. The highest BCUT2D eigenvalue weighted by molar-refractivity contribution is 7.80. The number of aromatic nitrogens is 1. The molecule has 1 heterocycles. The topological polar surface area (TPSA) is 977 Å². The fraction of sp³-hybridized carbons (Fsp3) is 0.573. The molecule has 828 valence electrons. The molecule has 0 aliphatic carbocycles. The number of thiol groups is 2. The van der Waals surface area contributed by atoms with E-state index in [1.807, 2.05) is 0 Å². The molecule has 0 aliphatic heterocycles. The lowest BCUT2D eigenvalue weighted by atomic mass is 10.0. The van der Waals surface area contributed by atoms with Crippen LogP contribution in [-0.4, -0.2) is 363 Å². The Balaban J connectivity index is 1.73. The molecule has 0 saturated carbocycles. The number of aliphatic hydroxyl groups excluding tert-OH is 4. The average Bonchev–Trinajstić information content (AvgIpc) is 1.76. The lowest BCUT2D eigenvalue weighted by molar-refractivity contribution is -0.143. The molecule has 0 saturated heterocycles. The lowest BCUT2D eigenvalue weighted by Crippen LogP contribution is -2.62. The number of rotatable bonds is 73. The monoisotopic (exact) mass is 2140 g/mol. The van der Waals surface area contributed by atoms with Gasteiger partial charge in [0.2, 0.25) is 112 Å². The first-order chi connectivity index (χ1) is 70.5. The molecule has 17 atom stereocenters. The van der Waals surface area contributed by atoms with Crippen LogP contribution in [0.1, 0.15) is 135 Å². The molecule has 3 aromatic rings. The lowest BCUT2D eigenvalue weighted by Gasteiger charge is -2.28. The number of carbonyl (C=O) groups is 22. The van der Waals surface area contributed by atoms with Crippen LogP contribution in [0.15, 0.2) is 60.8 Å².